The van der Waals surface area contributed by atoms with E-state index in [4.69, 9.17) is 14.2 Å². The van der Waals surface area contributed by atoms with Crippen LogP contribution in [0.25, 0.3) is 0 Å². The Morgan fingerprint density at radius 2 is 1.77 bits per heavy atom. The standard InChI is InChI=1S/C23H29N3O5/c1-23(2,3)31-22(28)25-11-8-17(9-12-25)26-10-4-5-18(26)21(27)24-16-6-7-19-20(15-16)30-14-13-29-19/h4-7,10,15,17H,8-9,11-14H2,1-3H3,(H,24,27). The van der Waals surface area contributed by atoms with Crippen molar-refractivity contribution in [1.29, 1.82) is 0 Å². The molecule has 31 heavy (non-hydrogen) atoms. The number of ether oxygens (including phenoxy) is 3. The normalized spacial score (nSPS) is 16.7. The number of piperidine rings is 1. The Morgan fingerprint density at radius 1 is 1.06 bits per heavy atom. The Hall–Kier alpha value is -3.16. The van der Waals surface area contributed by atoms with Gasteiger partial charge in [-0.1, -0.05) is 0 Å². The van der Waals surface area contributed by atoms with E-state index in [9.17, 15) is 9.59 Å². The van der Waals surface area contributed by atoms with Gasteiger partial charge < -0.3 is 29.0 Å². The van der Waals surface area contributed by atoms with Crippen molar-refractivity contribution < 1.29 is 23.8 Å². The number of carbonyl (C=O) groups is 2. The van der Waals surface area contributed by atoms with Gasteiger partial charge >= 0.3 is 6.09 Å². The highest BCUT2D eigenvalue weighted by Gasteiger charge is 2.28. The molecule has 1 N–H and O–H groups in total. The second-order valence-electron chi connectivity index (χ2n) is 8.81. The minimum absolute atomic E-state index is 0.148. The van der Waals surface area contributed by atoms with Gasteiger partial charge in [-0.25, -0.2) is 4.79 Å². The van der Waals surface area contributed by atoms with Crippen LogP contribution in [-0.2, 0) is 4.74 Å². The minimum Gasteiger partial charge on any atom is -0.486 e. The number of rotatable bonds is 3. The summed E-state index contributed by atoms with van der Waals surface area (Å²) in [4.78, 5) is 27.0. The number of nitrogens with one attached hydrogen (secondary N) is 1. The highest BCUT2D eigenvalue weighted by molar-refractivity contribution is 6.03. The van der Waals surface area contributed by atoms with Crippen molar-refractivity contribution in [3.63, 3.8) is 0 Å². The van der Waals surface area contributed by atoms with Crippen molar-refractivity contribution in [3.05, 3.63) is 42.2 Å². The second-order valence-corrected chi connectivity index (χ2v) is 8.81. The van der Waals surface area contributed by atoms with E-state index in [0.29, 0.717) is 49.2 Å². The molecule has 0 bridgehead atoms. The van der Waals surface area contributed by atoms with Gasteiger partial charge in [-0.05, 0) is 57.9 Å². The first-order chi connectivity index (χ1) is 14.8. The van der Waals surface area contributed by atoms with Gasteiger partial charge in [-0.2, -0.15) is 0 Å². The number of benzene rings is 1. The molecule has 8 nitrogen and oxygen atoms in total. The molecule has 3 heterocycles. The van der Waals surface area contributed by atoms with Crippen molar-refractivity contribution >= 4 is 17.7 Å². The summed E-state index contributed by atoms with van der Waals surface area (Å²) < 4.78 is 18.6. The maximum Gasteiger partial charge on any atom is 0.410 e. The topological polar surface area (TPSA) is 82.0 Å². The lowest BCUT2D eigenvalue weighted by Gasteiger charge is -2.34. The molecule has 1 aromatic heterocycles. The molecule has 0 atom stereocenters. The van der Waals surface area contributed by atoms with E-state index in [1.54, 1.807) is 23.1 Å². The number of anilines is 1. The average molecular weight is 428 g/mol. The van der Waals surface area contributed by atoms with Gasteiger partial charge in [0.15, 0.2) is 11.5 Å². The lowest BCUT2D eigenvalue weighted by Crippen LogP contribution is -2.42. The van der Waals surface area contributed by atoms with Crippen LogP contribution in [0.3, 0.4) is 0 Å². The Morgan fingerprint density at radius 3 is 2.48 bits per heavy atom. The second kappa shape index (κ2) is 8.53. The molecule has 0 saturated carbocycles. The highest BCUT2D eigenvalue weighted by atomic mass is 16.6. The van der Waals surface area contributed by atoms with Crippen molar-refractivity contribution in [1.82, 2.24) is 9.47 Å². The molecule has 2 aromatic rings. The predicted octanol–water partition coefficient (Wildman–Crippen LogP) is 4.08. The number of hydrogen-bond acceptors (Lipinski definition) is 5. The number of hydrogen-bond donors (Lipinski definition) is 1. The largest absolute Gasteiger partial charge is 0.486 e. The summed E-state index contributed by atoms with van der Waals surface area (Å²) in [5.41, 5.74) is 0.736. The van der Waals surface area contributed by atoms with Crippen molar-refractivity contribution in [2.24, 2.45) is 0 Å². The number of carbonyl (C=O) groups excluding carboxylic acids is 2. The maximum absolute atomic E-state index is 12.9. The van der Waals surface area contributed by atoms with Gasteiger partial charge in [0.25, 0.3) is 5.91 Å². The summed E-state index contributed by atoms with van der Waals surface area (Å²) in [7, 11) is 0. The SMILES string of the molecule is CC(C)(C)OC(=O)N1CCC(n2cccc2C(=O)Nc2ccc3c(c2)OCCO3)CC1. The average Bonchev–Trinajstić information content (AvgIpc) is 3.23. The zero-order valence-corrected chi connectivity index (χ0v) is 18.2. The Bertz CT molecular complexity index is 954. The quantitative estimate of drug-likeness (QED) is 0.798. The number of fused-ring (bicyclic) bond motifs is 1. The molecule has 2 amide bonds. The third-order valence-electron chi connectivity index (χ3n) is 5.32. The summed E-state index contributed by atoms with van der Waals surface area (Å²) in [6.07, 6.45) is 3.17. The number of aromatic nitrogens is 1. The molecular weight excluding hydrogens is 398 g/mol. The monoisotopic (exact) mass is 427 g/mol. The molecule has 0 unspecified atom stereocenters. The van der Waals surface area contributed by atoms with E-state index >= 15 is 0 Å². The smallest absolute Gasteiger partial charge is 0.410 e. The molecule has 1 fully saturated rings. The predicted molar refractivity (Wildman–Crippen MR) is 116 cm³/mol. The van der Waals surface area contributed by atoms with E-state index in [-0.39, 0.29) is 18.0 Å². The van der Waals surface area contributed by atoms with Crippen LogP contribution in [0.4, 0.5) is 10.5 Å². The van der Waals surface area contributed by atoms with E-state index in [0.717, 1.165) is 12.8 Å². The summed E-state index contributed by atoms with van der Waals surface area (Å²) in [6, 6.07) is 9.22. The van der Waals surface area contributed by atoms with Crippen LogP contribution in [0.1, 0.15) is 50.1 Å². The molecule has 8 heteroatoms. The van der Waals surface area contributed by atoms with Gasteiger partial charge in [-0.15, -0.1) is 0 Å². The Balaban J connectivity index is 1.39. The first kappa shape index (κ1) is 21.1. The molecule has 166 valence electrons. The van der Waals surface area contributed by atoms with Gasteiger partial charge in [0.2, 0.25) is 0 Å². The van der Waals surface area contributed by atoms with Gasteiger partial charge in [0, 0.05) is 37.1 Å². The number of amides is 2. The Labute approximate surface area is 182 Å². The van der Waals surface area contributed by atoms with Crippen LogP contribution < -0.4 is 14.8 Å². The fourth-order valence-electron chi connectivity index (χ4n) is 3.87. The first-order valence-corrected chi connectivity index (χ1v) is 10.7. The lowest BCUT2D eigenvalue weighted by atomic mass is 10.0. The van der Waals surface area contributed by atoms with Crippen LogP contribution in [-0.4, -0.2) is 53.4 Å². The summed E-state index contributed by atoms with van der Waals surface area (Å²) >= 11 is 0. The van der Waals surface area contributed by atoms with Gasteiger partial charge in [0.05, 0.1) is 0 Å². The maximum atomic E-state index is 12.9. The number of nitrogens with zero attached hydrogens (tertiary/aromatic N) is 2. The fraction of sp³-hybridized carbons (Fsp3) is 0.478. The van der Waals surface area contributed by atoms with Crippen LogP contribution in [0.5, 0.6) is 11.5 Å². The summed E-state index contributed by atoms with van der Waals surface area (Å²) in [5, 5.41) is 2.95. The molecule has 2 aliphatic rings. The molecule has 0 spiro atoms. The third kappa shape index (κ3) is 4.95. The van der Waals surface area contributed by atoms with Gasteiger partial charge in [0.1, 0.15) is 24.5 Å². The van der Waals surface area contributed by atoms with E-state index in [1.807, 2.05) is 43.7 Å². The lowest BCUT2D eigenvalue weighted by molar-refractivity contribution is 0.0187. The third-order valence-corrected chi connectivity index (χ3v) is 5.32. The molecule has 2 aliphatic heterocycles. The molecular formula is C23H29N3O5. The van der Waals surface area contributed by atoms with Crippen molar-refractivity contribution in [3.8, 4) is 11.5 Å². The van der Waals surface area contributed by atoms with Crippen LogP contribution >= 0.6 is 0 Å². The molecule has 1 saturated heterocycles. The molecule has 1 aromatic carbocycles. The minimum atomic E-state index is -0.506. The van der Waals surface area contributed by atoms with Gasteiger partial charge in [-0.3, -0.25) is 4.79 Å². The summed E-state index contributed by atoms with van der Waals surface area (Å²) in [6.45, 7) is 7.81. The Kier molecular flexibility index (Phi) is 5.80. The highest BCUT2D eigenvalue weighted by Crippen LogP contribution is 2.33. The molecule has 0 radical (unpaired) electrons. The van der Waals surface area contributed by atoms with Crippen molar-refractivity contribution in [2.75, 3.05) is 31.6 Å². The van der Waals surface area contributed by atoms with Crippen LogP contribution in [0, 0.1) is 0 Å². The van der Waals surface area contributed by atoms with Crippen LogP contribution in [0.2, 0.25) is 0 Å². The van der Waals surface area contributed by atoms with Crippen molar-refractivity contribution in [2.45, 2.75) is 45.3 Å². The first-order valence-electron chi connectivity index (χ1n) is 10.7. The zero-order valence-electron chi connectivity index (χ0n) is 18.2. The van der Waals surface area contributed by atoms with E-state index in [1.165, 1.54) is 0 Å². The van der Waals surface area contributed by atoms with Crippen LogP contribution in [0.15, 0.2) is 36.5 Å². The number of likely N-dealkylation sites (tertiary alicyclic amines) is 1. The summed E-state index contributed by atoms with van der Waals surface area (Å²) in [5.74, 6) is 1.13. The fourth-order valence-corrected chi connectivity index (χ4v) is 3.87. The molecule has 4 rings (SSSR count). The molecule has 0 aliphatic carbocycles. The van der Waals surface area contributed by atoms with E-state index in [2.05, 4.69) is 5.32 Å². The zero-order chi connectivity index (χ0) is 22.0. The van der Waals surface area contributed by atoms with E-state index < -0.39 is 5.60 Å².